The van der Waals surface area contributed by atoms with Crippen LogP contribution >= 0.6 is 0 Å². The van der Waals surface area contributed by atoms with Crippen LogP contribution in [0.3, 0.4) is 0 Å². The van der Waals surface area contributed by atoms with Gasteiger partial charge in [-0.05, 0) is 39.7 Å². The Bertz CT molecular complexity index is 478. The molecule has 2 heterocycles. The van der Waals surface area contributed by atoms with E-state index in [9.17, 15) is 4.79 Å². The van der Waals surface area contributed by atoms with Crippen molar-refractivity contribution in [1.29, 1.82) is 0 Å². The molecule has 1 saturated heterocycles. The van der Waals surface area contributed by atoms with E-state index in [4.69, 9.17) is 4.74 Å². The number of rotatable bonds is 1. The minimum absolute atomic E-state index is 0.172. The van der Waals surface area contributed by atoms with E-state index < -0.39 is 13.7 Å². The second-order valence-corrected chi connectivity index (χ2v) is 13.1. The minimum atomic E-state index is -1.41. The Balaban J connectivity index is 1.97. The van der Waals surface area contributed by atoms with Gasteiger partial charge in [0, 0.05) is 18.4 Å². The molecule has 0 aromatic carbocycles. The molecule has 118 valence electrons. The SMILES string of the molecule is CC(C)(C)OC(=O)N1CCC2(C=C([Si](C)(C)C)N=N2)CC1. The number of carbonyl (C=O) groups is 1. The summed E-state index contributed by atoms with van der Waals surface area (Å²) >= 11 is 0. The fourth-order valence-corrected chi connectivity index (χ4v) is 3.53. The van der Waals surface area contributed by atoms with Gasteiger partial charge in [0.25, 0.3) is 0 Å². The molecule has 0 N–H and O–H groups in total. The van der Waals surface area contributed by atoms with Gasteiger partial charge in [-0.1, -0.05) is 19.6 Å². The number of hydrogen-bond donors (Lipinski definition) is 0. The molecule has 6 heteroatoms. The van der Waals surface area contributed by atoms with Crippen molar-refractivity contribution in [2.24, 2.45) is 10.2 Å². The van der Waals surface area contributed by atoms with Gasteiger partial charge in [0.1, 0.15) is 19.2 Å². The van der Waals surface area contributed by atoms with Crippen molar-refractivity contribution in [2.45, 2.75) is 64.4 Å². The first-order valence-corrected chi connectivity index (χ1v) is 11.2. The zero-order valence-electron chi connectivity index (χ0n) is 14.1. The van der Waals surface area contributed by atoms with Crippen molar-refractivity contribution in [1.82, 2.24) is 4.90 Å². The lowest BCUT2D eigenvalue weighted by molar-refractivity contribution is 0.0187. The Kier molecular flexibility index (Phi) is 4.03. The van der Waals surface area contributed by atoms with E-state index in [1.165, 1.54) is 5.32 Å². The monoisotopic (exact) mass is 309 g/mol. The number of amides is 1. The molecule has 5 nitrogen and oxygen atoms in total. The standard InChI is InChI=1S/C15H27N3O2Si/c1-14(2,3)20-13(19)18-9-7-15(8-10-18)11-12(16-17-15)21(4,5)6/h11H,7-10H2,1-6H3. The van der Waals surface area contributed by atoms with Gasteiger partial charge >= 0.3 is 6.09 Å². The highest BCUT2D eigenvalue weighted by atomic mass is 28.3. The van der Waals surface area contributed by atoms with Crippen molar-refractivity contribution in [3.63, 3.8) is 0 Å². The van der Waals surface area contributed by atoms with Gasteiger partial charge in [-0.25, -0.2) is 4.79 Å². The third kappa shape index (κ3) is 3.93. The number of carbonyl (C=O) groups excluding carboxylic acids is 1. The van der Waals surface area contributed by atoms with Crippen LogP contribution < -0.4 is 0 Å². The topological polar surface area (TPSA) is 54.3 Å². The average molecular weight is 309 g/mol. The maximum absolute atomic E-state index is 12.1. The van der Waals surface area contributed by atoms with Gasteiger partial charge in [0.15, 0.2) is 0 Å². The van der Waals surface area contributed by atoms with Crippen molar-refractivity contribution < 1.29 is 9.53 Å². The van der Waals surface area contributed by atoms with Crippen LogP contribution in [0.4, 0.5) is 4.79 Å². The predicted molar refractivity (Wildman–Crippen MR) is 86.1 cm³/mol. The van der Waals surface area contributed by atoms with E-state index in [0.29, 0.717) is 13.1 Å². The van der Waals surface area contributed by atoms with Crippen LogP contribution in [-0.2, 0) is 4.74 Å². The Hall–Kier alpha value is -1.17. The van der Waals surface area contributed by atoms with E-state index in [1.54, 1.807) is 4.90 Å². The smallest absolute Gasteiger partial charge is 0.410 e. The number of piperidine rings is 1. The third-order valence-electron chi connectivity index (χ3n) is 3.81. The number of nitrogens with zero attached hydrogens (tertiary/aromatic N) is 3. The van der Waals surface area contributed by atoms with E-state index in [2.05, 4.69) is 35.9 Å². The number of azo groups is 1. The first kappa shape index (κ1) is 16.2. The van der Waals surface area contributed by atoms with Crippen molar-refractivity contribution in [3.8, 4) is 0 Å². The lowest BCUT2D eigenvalue weighted by atomic mass is 9.89. The number of ether oxygens (including phenoxy) is 1. The molecule has 0 radical (unpaired) electrons. The first-order chi connectivity index (χ1) is 9.51. The van der Waals surface area contributed by atoms with Gasteiger partial charge < -0.3 is 9.64 Å². The molecule has 1 amide bonds. The second kappa shape index (κ2) is 5.23. The number of hydrogen-bond acceptors (Lipinski definition) is 4. The van der Waals surface area contributed by atoms with E-state index in [0.717, 1.165) is 12.8 Å². The Labute approximate surface area is 128 Å². The Morgan fingerprint density at radius 1 is 1.29 bits per heavy atom. The first-order valence-electron chi connectivity index (χ1n) is 7.65. The molecular weight excluding hydrogens is 282 g/mol. The molecule has 0 aromatic rings. The molecule has 21 heavy (non-hydrogen) atoms. The van der Waals surface area contributed by atoms with Crippen molar-refractivity contribution in [3.05, 3.63) is 11.4 Å². The Morgan fingerprint density at radius 3 is 2.29 bits per heavy atom. The van der Waals surface area contributed by atoms with Gasteiger partial charge in [0.05, 0.1) is 0 Å². The molecule has 1 spiro atoms. The predicted octanol–water partition coefficient (Wildman–Crippen LogP) is 3.98. The zero-order chi connectivity index (χ0) is 15.9. The van der Waals surface area contributed by atoms with Crippen LogP contribution in [0.1, 0.15) is 33.6 Å². The van der Waals surface area contributed by atoms with Gasteiger partial charge in [-0.3, -0.25) is 0 Å². The van der Waals surface area contributed by atoms with Crippen LogP contribution in [0.2, 0.25) is 19.6 Å². The van der Waals surface area contributed by atoms with Crippen LogP contribution in [0, 0.1) is 0 Å². The summed E-state index contributed by atoms with van der Waals surface area (Å²) in [6.07, 6.45) is 3.71. The van der Waals surface area contributed by atoms with Crippen molar-refractivity contribution >= 4 is 14.2 Å². The second-order valence-electron chi connectivity index (χ2n) is 8.05. The van der Waals surface area contributed by atoms with Crippen LogP contribution in [0.15, 0.2) is 21.6 Å². The fraction of sp³-hybridized carbons (Fsp3) is 0.800. The summed E-state index contributed by atoms with van der Waals surface area (Å²) in [5.41, 5.74) is -0.613. The summed E-state index contributed by atoms with van der Waals surface area (Å²) in [5.74, 6) is 0. The highest BCUT2D eigenvalue weighted by Gasteiger charge is 2.40. The molecule has 2 aliphatic heterocycles. The molecule has 2 aliphatic rings. The summed E-state index contributed by atoms with van der Waals surface area (Å²) in [6.45, 7) is 13.9. The molecule has 1 fully saturated rings. The molecule has 0 bridgehead atoms. The number of likely N-dealkylation sites (tertiary alicyclic amines) is 1. The molecule has 0 saturated carbocycles. The average Bonchev–Trinajstić information content (AvgIpc) is 2.72. The summed E-state index contributed by atoms with van der Waals surface area (Å²) in [7, 11) is -1.41. The maximum Gasteiger partial charge on any atom is 0.410 e. The van der Waals surface area contributed by atoms with E-state index in [-0.39, 0.29) is 11.6 Å². The fourth-order valence-electron chi connectivity index (χ4n) is 2.48. The van der Waals surface area contributed by atoms with E-state index in [1.807, 2.05) is 20.8 Å². The molecular formula is C15H27N3O2Si. The van der Waals surface area contributed by atoms with Crippen LogP contribution in [-0.4, -0.2) is 43.3 Å². The zero-order valence-corrected chi connectivity index (χ0v) is 15.1. The lowest BCUT2D eigenvalue weighted by Gasteiger charge is -2.36. The van der Waals surface area contributed by atoms with Crippen LogP contribution in [0.5, 0.6) is 0 Å². The normalized spacial score (nSPS) is 21.6. The van der Waals surface area contributed by atoms with Crippen LogP contribution in [0.25, 0.3) is 0 Å². The van der Waals surface area contributed by atoms with Gasteiger partial charge in [-0.2, -0.15) is 10.2 Å². The summed E-state index contributed by atoms with van der Waals surface area (Å²) < 4.78 is 5.43. The summed E-state index contributed by atoms with van der Waals surface area (Å²) in [6, 6.07) is 0. The molecule has 0 unspecified atom stereocenters. The molecule has 0 aliphatic carbocycles. The quantitative estimate of drug-likeness (QED) is 0.688. The largest absolute Gasteiger partial charge is 0.444 e. The highest BCUT2D eigenvalue weighted by molar-refractivity contribution is 6.83. The maximum atomic E-state index is 12.1. The molecule has 0 atom stereocenters. The highest BCUT2D eigenvalue weighted by Crippen LogP contribution is 2.37. The molecule has 0 aromatic heterocycles. The lowest BCUT2D eigenvalue weighted by Crippen LogP contribution is -2.46. The summed E-state index contributed by atoms with van der Waals surface area (Å²) in [5, 5.41) is 10.1. The van der Waals surface area contributed by atoms with E-state index >= 15 is 0 Å². The van der Waals surface area contributed by atoms with Gasteiger partial charge in [-0.15, -0.1) is 0 Å². The van der Waals surface area contributed by atoms with Gasteiger partial charge in [0.2, 0.25) is 0 Å². The Morgan fingerprint density at radius 2 is 1.86 bits per heavy atom. The third-order valence-corrected chi connectivity index (χ3v) is 5.59. The van der Waals surface area contributed by atoms with Crippen molar-refractivity contribution in [2.75, 3.05) is 13.1 Å². The molecule has 2 rings (SSSR count). The summed E-state index contributed by atoms with van der Waals surface area (Å²) in [4.78, 5) is 13.9. The minimum Gasteiger partial charge on any atom is -0.444 e.